The summed E-state index contributed by atoms with van der Waals surface area (Å²) < 4.78 is 2.02. The lowest BCUT2D eigenvalue weighted by molar-refractivity contribution is -0.130. The Kier molecular flexibility index (Phi) is 5.98. The van der Waals surface area contributed by atoms with Crippen molar-refractivity contribution in [2.24, 2.45) is 5.92 Å². The lowest BCUT2D eigenvalue weighted by Crippen LogP contribution is -2.49. The fourth-order valence-electron chi connectivity index (χ4n) is 3.68. The van der Waals surface area contributed by atoms with Crippen LogP contribution in [0.4, 0.5) is 5.82 Å². The van der Waals surface area contributed by atoms with Crippen LogP contribution in [0.3, 0.4) is 0 Å². The fraction of sp³-hybridized carbons (Fsp3) is 0.524. The number of aryl methyl sites for hydroxylation is 1. The minimum Gasteiger partial charge on any atom is -0.352 e. The summed E-state index contributed by atoms with van der Waals surface area (Å²) in [7, 11) is 0. The minimum absolute atomic E-state index is 0.136. The molecule has 1 aliphatic rings. The van der Waals surface area contributed by atoms with Gasteiger partial charge < -0.3 is 9.80 Å². The number of carbonyl (C=O) groups is 1. The van der Waals surface area contributed by atoms with Gasteiger partial charge in [-0.15, -0.1) is 0 Å². The first-order chi connectivity index (χ1) is 13.4. The highest BCUT2D eigenvalue weighted by Crippen LogP contribution is 2.20. The van der Waals surface area contributed by atoms with Crippen LogP contribution in [0.5, 0.6) is 0 Å². The lowest BCUT2D eigenvalue weighted by atomic mass is 10.1. The van der Waals surface area contributed by atoms with E-state index in [1.54, 1.807) is 18.3 Å². The first-order valence-electron chi connectivity index (χ1n) is 9.81. The Bertz CT molecular complexity index is 887. The molecule has 7 nitrogen and oxygen atoms in total. The number of anilines is 1. The Hall–Kier alpha value is -2.88. The molecule has 1 saturated heterocycles. The number of piperazine rings is 1. The maximum absolute atomic E-state index is 12.9. The molecular formula is C21H28N6O. The van der Waals surface area contributed by atoms with E-state index in [1.165, 1.54) is 0 Å². The maximum Gasteiger partial charge on any atom is 0.227 e. The highest BCUT2D eigenvalue weighted by molar-refractivity contribution is 5.79. The normalized spacial score (nSPS) is 14.4. The molecule has 1 amide bonds. The van der Waals surface area contributed by atoms with Gasteiger partial charge in [-0.3, -0.25) is 9.48 Å². The van der Waals surface area contributed by atoms with Crippen molar-refractivity contribution in [1.82, 2.24) is 19.7 Å². The van der Waals surface area contributed by atoms with Crippen molar-refractivity contribution in [3.63, 3.8) is 0 Å². The summed E-state index contributed by atoms with van der Waals surface area (Å²) in [6.45, 7) is 11.9. The number of amides is 1. The van der Waals surface area contributed by atoms with Crippen molar-refractivity contribution in [2.75, 3.05) is 31.1 Å². The molecule has 0 unspecified atom stereocenters. The van der Waals surface area contributed by atoms with Crippen LogP contribution in [0.1, 0.15) is 36.4 Å². The number of carbonyl (C=O) groups excluding carboxylic acids is 1. The predicted octanol–water partition coefficient (Wildman–Crippen LogP) is 2.31. The molecule has 28 heavy (non-hydrogen) atoms. The van der Waals surface area contributed by atoms with Crippen LogP contribution in [0.2, 0.25) is 0 Å². The molecule has 0 spiro atoms. The lowest BCUT2D eigenvalue weighted by Gasteiger charge is -2.35. The highest BCUT2D eigenvalue weighted by atomic mass is 16.2. The molecule has 0 N–H and O–H groups in total. The largest absolute Gasteiger partial charge is 0.352 e. The maximum atomic E-state index is 12.9. The topological polar surface area (TPSA) is 78.1 Å². The van der Waals surface area contributed by atoms with Crippen molar-refractivity contribution in [3.8, 4) is 6.07 Å². The van der Waals surface area contributed by atoms with Gasteiger partial charge in [0.1, 0.15) is 11.9 Å². The summed E-state index contributed by atoms with van der Waals surface area (Å²) in [5, 5.41) is 13.9. The monoisotopic (exact) mass is 380 g/mol. The molecule has 0 aliphatic carbocycles. The van der Waals surface area contributed by atoms with E-state index in [2.05, 4.69) is 34.9 Å². The van der Waals surface area contributed by atoms with Gasteiger partial charge in [0, 0.05) is 50.2 Å². The van der Waals surface area contributed by atoms with E-state index < -0.39 is 0 Å². The Labute approximate surface area is 166 Å². The van der Waals surface area contributed by atoms with Crippen LogP contribution in [0.15, 0.2) is 18.3 Å². The summed E-state index contributed by atoms with van der Waals surface area (Å²) in [5.74, 6) is 1.36. The van der Waals surface area contributed by atoms with E-state index in [9.17, 15) is 10.1 Å². The molecule has 3 heterocycles. The number of aromatic nitrogens is 3. The third kappa shape index (κ3) is 4.16. The average Bonchev–Trinajstić information content (AvgIpc) is 2.94. The van der Waals surface area contributed by atoms with Crippen molar-refractivity contribution in [1.29, 1.82) is 5.26 Å². The van der Waals surface area contributed by atoms with Crippen LogP contribution in [-0.4, -0.2) is 51.8 Å². The van der Waals surface area contributed by atoms with Gasteiger partial charge >= 0.3 is 0 Å². The Morgan fingerprint density at radius 1 is 1.25 bits per heavy atom. The molecule has 0 saturated carbocycles. The van der Waals surface area contributed by atoms with Gasteiger partial charge in [0.2, 0.25) is 5.91 Å². The van der Waals surface area contributed by atoms with Gasteiger partial charge in [0.05, 0.1) is 17.7 Å². The molecule has 3 rings (SSSR count). The van der Waals surface area contributed by atoms with Crippen LogP contribution in [-0.2, 0) is 17.8 Å². The molecule has 2 aromatic rings. The van der Waals surface area contributed by atoms with Crippen LogP contribution in [0, 0.1) is 31.1 Å². The zero-order valence-electron chi connectivity index (χ0n) is 17.1. The number of nitrogens with zero attached hydrogens (tertiary/aromatic N) is 6. The van der Waals surface area contributed by atoms with E-state index in [-0.39, 0.29) is 5.91 Å². The second-order valence-electron chi connectivity index (χ2n) is 7.76. The summed E-state index contributed by atoms with van der Waals surface area (Å²) in [6, 6.07) is 5.74. The summed E-state index contributed by atoms with van der Waals surface area (Å²) >= 11 is 0. The van der Waals surface area contributed by atoms with Gasteiger partial charge in [-0.2, -0.15) is 10.4 Å². The third-order valence-corrected chi connectivity index (χ3v) is 5.24. The van der Waals surface area contributed by atoms with Crippen molar-refractivity contribution in [3.05, 3.63) is 40.8 Å². The molecule has 0 bridgehead atoms. The Balaban J connectivity index is 1.63. The SMILES string of the molecule is Cc1nn(CC(C)C)c(C)c1CC(=O)N1CCN(c2ncccc2C#N)CC1. The second kappa shape index (κ2) is 8.42. The number of hydrogen-bond acceptors (Lipinski definition) is 5. The van der Waals surface area contributed by atoms with E-state index >= 15 is 0 Å². The molecule has 2 aromatic heterocycles. The Morgan fingerprint density at radius 3 is 2.61 bits per heavy atom. The van der Waals surface area contributed by atoms with Crippen LogP contribution in [0.25, 0.3) is 0 Å². The molecule has 7 heteroatoms. The molecule has 1 aliphatic heterocycles. The first kappa shape index (κ1) is 19.9. The summed E-state index contributed by atoms with van der Waals surface area (Å²) in [5.41, 5.74) is 3.65. The summed E-state index contributed by atoms with van der Waals surface area (Å²) in [6.07, 6.45) is 2.09. The van der Waals surface area contributed by atoms with Crippen molar-refractivity contribution >= 4 is 11.7 Å². The van der Waals surface area contributed by atoms with Crippen LogP contribution >= 0.6 is 0 Å². The van der Waals surface area contributed by atoms with Gasteiger partial charge in [0.25, 0.3) is 0 Å². The summed E-state index contributed by atoms with van der Waals surface area (Å²) in [4.78, 5) is 21.2. The number of rotatable bonds is 5. The van der Waals surface area contributed by atoms with E-state index in [0.29, 0.717) is 49.9 Å². The quantitative estimate of drug-likeness (QED) is 0.795. The zero-order valence-corrected chi connectivity index (χ0v) is 17.1. The number of nitriles is 1. The van der Waals surface area contributed by atoms with Crippen molar-refractivity contribution < 1.29 is 4.79 Å². The minimum atomic E-state index is 0.136. The third-order valence-electron chi connectivity index (χ3n) is 5.24. The van der Waals surface area contributed by atoms with Gasteiger partial charge in [-0.05, 0) is 31.9 Å². The molecule has 1 fully saturated rings. The first-order valence-corrected chi connectivity index (χ1v) is 9.81. The van der Waals surface area contributed by atoms with Crippen LogP contribution < -0.4 is 4.90 Å². The van der Waals surface area contributed by atoms with Gasteiger partial charge in [-0.25, -0.2) is 4.98 Å². The van der Waals surface area contributed by atoms with Gasteiger partial charge in [-0.1, -0.05) is 13.8 Å². The molecule has 0 aromatic carbocycles. The van der Waals surface area contributed by atoms with Gasteiger partial charge in [0.15, 0.2) is 0 Å². The molecular weight excluding hydrogens is 352 g/mol. The second-order valence-corrected chi connectivity index (χ2v) is 7.76. The van der Waals surface area contributed by atoms with E-state index in [1.807, 2.05) is 23.4 Å². The Morgan fingerprint density at radius 2 is 1.96 bits per heavy atom. The molecule has 148 valence electrons. The highest BCUT2D eigenvalue weighted by Gasteiger charge is 2.25. The van der Waals surface area contributed by atoms with E-state index in [0.717, 1.165) is 23.5 Å². The predicted molar refractivity (Wildman–Crippen MR) is 108 cm³/mol. The fourth-order valence-corrected chi connectivity index (χ4v) is 3.68. The zero-order chi connectivity index (χ0) is 20.3. The molecule has 0 radical (unpaired) electrons. The average molecular weight is 380 g/mol. The standard InChI is InChI=1S/C21H28N6O/c1-15(2)14-27-17(4)19(16(3)24-27)12-20(28)25-8-10-26(11-9-25)21-18(13-22)6-5-7-23-21/h5-7,15H,8-12,14H2,1-4H3. The number of hydrogen-bond donors (Lipinski definition) is 0. The smallest absolute Gasteiger partial charge is 0.227 e. The molecule has 0 atom stereocenters. The number of pyridine rings is 1. The van der Waals surface area contributed by atoms with Crippen molar-refractivity contribution in [2.45, 2.75) is 40.7 Å². The van der Waals surface area contributed by atoms with E-state index in [4.69, 9.17) is 0 Å².